The third kappa shape index (κ3) is 4.08. The maximum absolute atomic E-state index is 13.3. The number of benzene rings is 4. The number of fused-ring (bicyclic) bond motifs is 2. The second kappa shape index (κ2) is 9.00. The Balaban J connectivity index is 1.54. The van der Waals surface area contributed by atoms with Crippen molar-refractivity contribution in [2.45, 2.75) is 17.4 Å². The highest BCUT2D eigenvalue weighted by Crippen LogP contribution is 2.39. The minimum Gasteiger partial charge on any atom is -0.493 e. The highest BCUT2D eigenvalue weighted by Gasteiger charge is 2.27. The molecule has 5 rings (SSSR count). The molecule has 0 unspecified atom stereocenters. The Morgan fingerprint density at radius 3 is 2.32 bits per heavy atom. The van der Waals surface area contributed by atoms with Crippen LogP contribution in [0.1, 0.15) is 22.7 Å². The van der Waals surface area contributed by atoms with E-state index in [4.69, 9.17) is 9.47 Å². The van der Waals surface area contributed by atoms with Crippen LogP contribution < -0.4 is 19.5 Å². The predicted molar refractivity (Wildman–Crippen MR) is 134 cm³/mol. The molecule has 0 aromatic heterocycles. The van der Waals surface area contributed by atoms with Crippen molar-refractivity contribution in [1.82, 2.24) is 5.32 Å². The highest BCUT2D eigenvalue weighted by atomic mass is 32.2. The zero-order chi connectivity index (χ0) is 23.7. The fraction of sp³-hybridized carbons (Fsp3) is 0.185. The molecule has 34 heavy (non-hydrogen) atoms. The first-order valence-electron chi connectivity index (χ1n) is 11.1. The van der Waals surface area contributed by atoms with Gasteiger partial charge in [0.05, 0.1) is 30.8 Å². The molecule has 0 radical (unpaired) electrons. The Bertz CT molecular complexity index is 1470. The average Bonchev–Trinajstić information content (AvgIpc) is 2.87. The summed E-state index contributed by atoms with van der Waals surface area (Å²) in [6, 6.07) is 24.1. The van der Waals surface area contributed by atoms with Gasteiger partial charge in [-0.1, -0.05) is 48.5 Å². The average molecular weight is 475 g/mol. The van der Waals surface area contributed by atoms with Crippen LogP contribution in [0.4, 0.5) is 5.69 Å². The van der Waals surface area contributed by atoms with Gasteiger partial charge in [0.1, 0.15) is 0 Å². The number of rotatable bonds is 6. The summed E-state index contributed by atoms with van der Waals surface area (Å²) in [5, 5.41) is 5.41. The Morgan fingerprint density at radius 1 is 0.824 bits per heavy atom. The van der Waals surface area contributed by atoms with Crippen LogP contribution in [0.3, 0.4) is 0 Å². The van der Waals surface area contributed by atoms with Gasteiger partial charge in [0.2, 0.25) is 0 Å². The fourth-order valence-corrected chi connectivity index (χ4v) is 5.66. The maximum atomic E-state index is 13.3. The van der Waals surface area contributed by atoms with Gasteiger partial charge in [-0.15, -0.1) is 0 Å². The summed E-state index contributed by atoms with van der Waals surface area (Å²) in [6.45, 7) is 0.763. The molecule has 0 saturated heterocycles. The molecule has 174 valence electrons. The smallest absolute Gasteiger partial charge is 0.261 e. The summed E-state index contributed by atoms with van der Waals surface area (Å²) < 4.78 is 40.5. The lowest BCUT2D eigenvalue weighted by Crippen LogP contribution is -2.31. The largest absolute Gasteiger partial charge is 0.493 e. The Kier molecular flexibility index (Phi) is 5.89. The van der Waals surface area contributed by atoms with E-state index in [1.807, 2.05) is 60.7 Å². The van der Waals surface area contributed by atoms with Crippen LogP contribution in [0.15, 0.2) is 83.8 Å². The van der Waals surface area contributed by atoms with Crippen LogP contribution in [0.2, 0.25) is 0 Å². The van der Waals surface area contributed by atoms with Gasteiger partial charge in [0.25, 0.3) is 10.0 Å². The molecular formula is C27H26N2O4S. The van der Waals surface area contributed by atoms with Crippen LogP contribution in [0.5, 0.6) is 11.5 Å². The number of nitrogens with one attached hydrogen (secondary N) is 2. The van der Waals surface area contributed by atoms with Crippen LogP contribution in [0.25, 0.3) is 10.8 Å². The summed E-state index contributed by atoms with van der Waals surface area (Å²) in [5.74, 6) is 1.33. The molecule has 0 fully saturated rings. The summed E-state index contributed by atoms with van der Waals surface area (Å²) >= 11 is 0. The molecule has 1 atom stereocenters. The molecule has 1 aliphatic rings. The fourth-order valence-electron chi connectivity index (χ4n) is 4.54. The van der Waals surface area contributed by atoms with Crippen molar-refractivity contribution >= 4 is 26.5 Å². The van der Waals surface area contributed by atoms with E-state index in [1.54, 1.807) is 32.4 Å². The number of methoxy groups -OCH3 is 2. The third-order valence-corrected chi connectivity index (χ3v) is 7.61. The first kappa shape index (κ1) is 22.3. The van der Waals surface area contributed by atoms with Gasteiger partial charge < -0.3 is 14.8 Å². The Hall–Kier alpha value is -3.55. The quantitative estimate of drug-likeness (QED) is 0.416. The van der Waals surface area contributed by atoms with Crippen molar-refractivity contribution in [3.8, 4) is 11.5 Å². The van der Waals surface area contributed by atoms with E-state index in [0.717, 1.165) is 40.4 Å². The molecule has 2 N–H and O–H groups in total. The zero-order valence-electron chi connectivity index (χ0n) is 19.0. The lowest BCUT2D eigenvalue weighted by Gasteiger charge is -2.30. The van der Waals surface area contributed by atoms with Crippen molar-refractivity contribution < 1.29 is 17.9 Å². The van der Waals surface area contributed by atoms with Crippen molar-refractivity contribution in [2.24, 2.45) is 0 Å². The van der Waals surface area contributed by atoms with Gasteiger partial charge in [-0.25, -0.2) is 8.42 Å². The van der Waals surface area contributed by atoms with E-state index in [1.165, 1.54) is 0 Å². The second-order valence-corrected chi connectivity index (χ2v) is 9.93. The number of ether oxygens (including phenoxy) is 2. The minimum atomic E-state index is -3.79. The molecule has 4 aromatic carbocycles. The van der Waals surface area contributed by atoms with Crippen molar-refractivity contribution in [3.05, 3.63) is 95.6 Å². The first-order valence-corrected chi connectivity index (χ1v) is 12.6. The van der Waals surface area contributed by atoms with Crippen molar-refractivity contribution in [1.29, 1.82) is 0 Å². The SMILES string of the molecule is COc1cc2c(cc1OC)[C@@H](c1ccccc1NS(=O)(=O)c1ccc3ccccc3c1)NCC2. The van der Waals surface area contributed by atoms with Crippen molar-refractivity contribution in [2.75, 3.05) is 25.5 Å². The third-order valence-electron chi connectivity index (χ3n) is 6.25. The lowest BCUT2D eigenvalue weighted by molar-refractivity contribution is 0.353. The Labute approximate surface area is 199 Å². The number of hydrogen-bond acceptors (Lipinski definition) is 5. The normalized spacial score (nSPS) is 15.5. The summed E-state index contributed by atoms with van der Waals surface area (Å²) in [5.41, 5.74) is 3.57. The predicted octanol–water partition coefficient (Wildman–Crippen LogP) is 4.89. The van der Waals surface area contributed by atoms with E-state index >= 15 is 0 Å². The van der Waals surface area contributed by atoms with Crippen LogP contribution in [-0.2, 0) is 16.4 Å². The molecular weight excluding hydrogens is 448 g/mol. The second-order valence-electron chi connectivity index (χ2n) is 8.24. The first-order chi connectivity index (χ1) is 16.5. The van der Waals surface area contributed by atoms with Gasteiger partial charge in [-0.2, -0.15) is 0 Å². The molecule has 4 aromatic rings. The van der Waals surface area contributed by atoms with Crippen LogP contribution in [0, 0.1) is 0 Å². The van der Waals surface area contributed by atoms with Crippen molar-refractivity contribution in [3.63, 3.8) is 0 Å². The number of para-hydroxylation sites is 1. The maximum Gasteiger partial charge on any atom is 0.261 e. The van der Waals surface area contributed by atoms with Gasteiger partial charge in [-0.05, 0) is 64.2 Å². The summed E-state index contributed by atoms with van der Waals surface area (Å²) in [7, 11) is -0.552. The standard InChI is InChI=1S/C27H26N2O4S/c1-32-25-16-20-13-14-28-27(23(20)17-26(25)33-2)22-9-5-6-10-24(22)29-34(30,31)21-12-11-18-7-3-4-8-19(18)15-21/h3-12,15-17,27-29H,13-14H2,1-2H3/t27-/m1/s1. The summed E-state index contributed by atoms with van der Waals surface area (Å²) in [6.07, 6.45) is 0.844. The van der Waals surface area contributed by atoms with Gasteiger partial charge in [-0.3, -0.25) is 4.72 Å². The van der Waals surface area contributed by atoms with E-state index in [0.29, 0.717) is 17.2 Å². The molecule has 0 saturated carbocycles. The number of sulfonamides is 1. The molecule has 1 heterocycles. The molecule has 0 bridgehead atoms. The highest BCUT2D eigenvalue weighted by molar-refractivity contribution is 7.92. The molecule has 1 aliphatic heterocycles. The zero-order valence-corrected chi connectivity index (χ0v) is 19.9. The van der Waals surface area contributed by atoms with E-state index in [-0.39, 0.29) is 10.9 Å². The van der Waals surface area contributed by atoms with Gasteiger partial charge in [0.15, 0.2) is 11.5 Å². The molecule has 7 heteroatoms. The minimum absolute atomic E-state index is 0.195. The topological polar surface area (TPSA) is 76.7 Å². The van der Waals surface area contributed by atoms with Gasteiger partial charge >= 0.3 is 0 Å². The molecule has 6 nitrogen and oxygen atoms in total. The molecule has 0 amide bonds. The van der Waals surface area contributed by atoms with Gasteiger partial charge in [0, 0.05) is 6.54 Å². The molecule has 0 aliphatic carbocycles. The lowest BCUT2D eigenvalue weighted by atomic mass is 9.88. The summed E-state index contributed by atoms with van der Waals surface area (Å²) in [4.78, 5) is 0.226. The number of anilines is 1. The molecule has 0 spiro atoms. The van der Waals surface area contributed by atoms with Crippen LogP contribution >= 0.6 is 0 Å². The Morgan fingerprint density at radius 2 is 1.53 bits per heavy atom. The van der Waals surface area contributed by atoms with E-state index in [9.17, 15) is 8.42 Å². The van der Waals surface area contributed by atoms with E-state index in [2.05, 4.69) is 10.0 Å². The number of hydrogen-bond donors (Lipinski definition) is 2. The van der Waals surface area contributed by atoms with E-state index < -0.39 is 10.0 Å². The monoisotopic (exact) mass is 474 g/mol. The van der Waals surface area contributed by atoms with Crippen LogP contribution in [-0.4, -0.2) is 29.2 Å².